The number of hydrogen-bond acceptors (Lipinski definition) is 1. The molecule has 0 aliphatic heterocycles. The summed E-state index contributed by atoms with van der Waals surface area (Å²) in [5.74, 6) is -0.0674. The molecule has 1 aliphatic rings. The van der Waals surface area contributed by atoms with Crippen molar-refractivity contribution >= 4 is 34.8 Å². The normalized spacial score (nSPS) is 17.9. The van der Waals surface area contributed by atoms with Crippen molar-refractivity contribution in [2.24, 2.45) is 0 Å². The van der Waals surface area contributed by atoms with Crippen LogP contribution >= 0.6 is 23.2 Å². The fourth-order valence-electron chi connectivity index (χ4n) is 3.27. The SMILES string of the molecule is C[C@H]([NH2+][C@H]1CCCc2ccccc21)C(=O)Nc1cc(Cl)ccc1Cl. The van der Waals surface area contributed by atoms with Crippen LogP contribution in [0.2, 0.25) is 10.0 Å². The number of benzene rings is 2. The number of rotatable bonds is 4. The monoisotopic (exact) mass is 363 g/mol. The third-order valence-electron chi connectivity index (χ3n) is 4.54. The van der Waals surface area contributed by atoms with Crippen molar-refractivity contribution in [3.8, 4) is 0 Å². The summed E-state index contributed by atoms with van der Waals surface area (Å²) < 4.78 is 0. The molecule has 0 fully saturated rings. The summed E-state index contributed by atoms with van der Waals surface area (Å²) in [6.45, 7) is 1.92. The van der Waals surface area contributed by atoms with E-state index in [9.17, 15) is 4.79 Å². The van der Waals surface area contributed by atoms with Gasteiger partial charge in [0.1, 0.15) is 6.04 Å². The first kappa shape index (κ1) is 17.3. The number of carbonyl (C=O) groups excluding carboxylic acids is 1. The minimum absolute atomic E-state index is 0.0674. The predicted molar refractivity (Wildman–Crippen MR) is 98.6 cm³/mol. The lowest BCUT2D eigenvalue weighted by molar-refractivity contribution is -0.714. The van der Waals surface area contributed by atoms with Crippen LogP contribution in [0.4, 0.5) is 5.69 Å². The Morgan fingerprint density at radius 1 is 1.25 bits per heavy atom. The van der Waals surface area contributed by atoms with E-state index in [1.807, 2.05) is 6.92 Å². The summed E-state index contributed by atoms with van der Waals surface area (Å²) in [5.41, 5.74) is 3.30. The zero-order chi connectivity index (χ0) is 17.1. The molecule has 3 nitrogen and oxygen atoms in total. The van der Waals surface area contributed by atoms with Crippen LogP contribution in [0.1, 0.15) is 36.9 Å². The molecule has 2 atom stereocenters. The number of amides is 1. The number of halogens is 2. The molecule has 24 heavy (non-hydrogen) atoms. The van der Waals surface area contributed by atoms with Crippen LogP contribution in [-0.2, 0) is 11.2 Å². The Labute approximate surface area is 152 Å². The molecule has 0 aromatic heterocycles. The molecule has 0 unspecified atom stereocenters. The number of fused-ring (bicyclic) bond motifs is 1. The fraction of sp³-hybridized carbons (Fsp3) is 0.316. The van der Waals surface area contributed by atoms with Gasteiger partial charge in [-0.2, -0.15) is 0 Å². The fourth-order valence-corrected chi connectivity index (χ4v) is 3.60. The van der Waals surface area contributed by atoms with Gasteiger partial charge in [0.2, 0.25) is 0 Å². The molecule has 0 saturated heterocycles. The number of nitrogens with two attached hydrogens (primary N) is 1. The van der Waals surface area contributed by atoms with Crippen molar-refractivity contribution < 1.29 is 10.1 Å². The zero-order valence-electron chi connectivity index (χ0n) is 13.6. The van der Waals surface area contributed by atoms with Gasteiger partial charge in [-0.1, -0.05) is 47.5 Å². The van der Waals surface area contributed by atoms with Crippen molar-refractivity contribution in [2.45, 2.75) is 38.3 Å². The Balaban J connectivity index is 1.68. The Kier molecular flexibility index (Phi) is 5.44. The smallest absolute Gasteiger partial charge is 0.282 e. The molecule has 1 amide bonds. The van der Waals surface area contributed by atoms with Crippen LogP contribution in [0.5, 0.6) is 0 Å². The molecule has 0 radical (unpaired) electrons. The number of carbonyl (C=O) groups is 1. The van der Waals surface area contributed by atoms with E-state index in [2.05, 4.69) is 34.9 Å². The van der Waals surface area contributed by atoms with E-state index >= 15 is 0 Å². The number of nitrogens with one attached hydrogen (secondary N) is 1. The third-order valence-corrected chi connectivity index (χ3v) is 5.10. The second kappa shape index (κ2) is 7.56. The molecule has 1 aliphatic carbocycles. The van der Waals surface area contributed by atoms with Gasteiger partial charge in [0.25, 0.3) is 5.91 Å². The van der Waals surface area contributed by atoms with Crippen molar-refractivity contribution in [1.29, 1.82) is 0 Å². The lowest BCUT2D eigenvalue weighted by Gasteiger charge is -2.26. The first-order valence-corrected chi connectivity index (χ1v) is 8.99. The molecule has 3 rings (SSSR count). The molecule has 0 heterocycles. The number of anilines is 1. The average molecular weight is 364 g/mol. The number of aryl methyl sites for hydroxylation is 1. The Hall–Kier alpha value is -1.55. The van der Waals surface area contributed by atoms with Gasteiger partial charge in [-0.25, -0.2) is 0 Å². The minimum atomic E-state index is -0.212. The maximum atomic E-state index is 12.5. The standard InChI is InChI=1S/C19H20Cl2N2O/c1-12(19(24)23-18-11-14(20)9-10-16(18)21)22-17-8-4-6-13-5-2-3-7-15(13)17/h2-3,5,7,9-12,17,22H,4,6,8H2,1H3,(H,23,24)/p+1/t12-,17-/m0/s1. The molecule has 0 bridgehead atoms. The minimum Gasteiger partial charge on any atom is -0.330 e. The highest BCUT2D eigenvalue weighted by Gasteiger charge is 2.27. The van der Waals surface area contributed by atoms with E-state index in [-0.39, 0.29) is 11.9 Å². The summed E-state index contributed by atoms with van der Waals surface area (Å²) in [6, 6.07) is 13.7. The van der Waals surface area contributed by atoms with Gasteiger partial charge in [-0.15, -0.1) is 0 Å². The van der Waals surface area contributed by atoms with Crippen LogP contribution in [0.15, 0.2) is 42.5 Å². The highest BCUT2D eigenvalue weighted by atomic mass is 35.5. The quantitative estimate of drug-likeness (QED) is 0.848. The molecule has 0 saturated carbocycles. The molecule has 5 heteroatoms. The molecular weight excluding hydrogens is 343 g/mol. The molecule has 2 aromatic rings. The summed E-state index contributed by atoms with van der Waals surface area (Å²) in [5, 5.41) is 6.06. The van der Waals surface area contributed by atoms with E-state index in [0.29, 0.717) is 21.8 Å². The van der Waals surface area contributed by atoms with Crippen LogP contribution in [0, 0.1) is 0 Å². The summed E-state index contributed by atoms with van der Waals surface area (Å²) in [7, 11) is 0. The van der Waals surface area contributed by atoms with E-state index in [0.717, 1.165) is 19.3 Å². The van der Waals surface area contributed by atoms with Crippen LogP contribution in [-0.4, -0.2) is 11.9 Å². The maximum Gasteiger partial charge on any atom is 0.282 e. The van der Waals surface area contributed by atoms with Crippen LogP contribution in [0.25, 0.3) is 0 Å². The highest BCUT2D eigenvalue weighted by Crippen LogP contribution is 2.27. The summed E-state index contributed by atoms with van der Waals surface area (Å²) in [6.07, 6.45) is 3.37. The van der Waals surface area contributed by atoms with E-state index in [4.69, 9.17) is 23.2 Å². The summed E-state index contributed by atoms with van der Waals surface area (Å²) >= 11 is 12.1. The molecule has 2 aromatic carbocycles. The largest absolute Gasteiger partial charge is 0.330 e. The van der Waals surface area contributed by atoms with Crippen molar-refractivity contribution in [2.75, 3.05) is 5.32 Å². The van der Waals surface area contributed by atoms with E-state index in [1.165, 1.54) is 11.1 Å². The van der Waals surface area contributed by atoms with Gasteiger partial charge >= 0.3 is 0 Å². The first-order valence-electron chi connectivity index (χ1n) is 8.23. The zero-order valence-corrected chi connectivity index (χ0v) is 15.1. The second-order valence-electron chi connectivity index (χ2n) is 6.29. The van der Waals surface area contributed by atoms with Gasteiger partial charge in [-0.3, -0.25) is 4.79 Å². The Morgan fingerprint density at radius 3 is 2.88 bits per heavy atom. The molecular formula is C19H21Cl2N2O+. The van der Waals surface area contributed by atoms with Gasteiger partial charge in [0, 0.05) is 17.0 Å². The number of hydrogen-bond donors (Lipinski definition) is 2. The van der Waals surface area contributed by atoms with Crippen LogP contribution < -0.4 is 10.6 Å². The lowest BCUT2D eigenvalue weighted by Crippen LogP contribution is -2.92. The highest BCUT2D eigenvalue weighted by molar-refractivity contribution is 6.35. The summed E-state index contributed by atoms with van der Waals surface area (Å²) in [4.78, 5) is 12.5. The second-order valence-corrected chi connectivity index (χ2v) is 7.14. The van der Waals surface area contributed by atoms with Crippen molar-refractivity contribution in [3.05, 3.63) is 63.6 Å². The van der Waals surface area contributed by atoms with Gasteiger partial charge < -0.3 is 10.6 Å². The third kappa shape index (κ3) is 3.92. The van der Waals surface area contributed by atoms with Gasteiger partial charge in [-0.05, 0) is 43.5 Å². The Bertz CT molecular complexity index is 748. The maximum absolute atomic E-state index is 12.5. The van der Waals surface area contributed by atoms with Gasteiger partial charge in [0.05, 0.1) is 10.7 Å². The van der Waals surface area contributed by atoms with E-state index in [1.54, 1.807) is 18.2 Å². The average Bonchev–Trinajstić information content (AvgIpc) is 2.58. The Morgan fingerprint density at radius 2 is 2.04 bits per heavy atom. The first-order chi connectivity index (χ1) is 11.5. The molecule has 3 N–H and O–H groups in total. The van der Waals surface area contributed by atoms with Crippen molar-refractivity contribution in [1.82, 2.24) is 0 Å². The molecule has 0 spiro atoms. The topological polar surface area (TPSA) is 45.7 Å². The molecule has 126 valence electrons. The predicted octanol–water partition coefficient (Wildman–Crippen LogP) is 3.96. The van der Waals surface area contributed by atoms with Gasteiger partial charge in [0.15, 0.2) is 6.04 Å². The lowest BCUT2D eigenvalue weighted by atomic mass is 9.87. The number of quaternary nitrogens is 1. The van der Waals surface area contributed by atoms with Crippen LogP contribution in [0.3, 0.4) is 0 Å². The van der Waals surface area contributed by atoms with Crippen molar-refractivity contribution in [3.63, 3.8) is 0 Å². The van der Waals surface area contributed by atoms with E-state index < -0.39 is 0 Å².